The van der Waals surface area contributed by atoms with Crippen LogP contribution in [0.25, 0.3) is 22.2 Å². The third kappa shape index (κ3) is 1.46. The van der Waals surface area contributed by atoms with E-state index in [-0.39, 0.29) is 0 Å². The quantitative estimate of drug-likeness (QED) is 0.722. The highest BCUT2D eigenvalue weighted by Crippen LogP contribution is 2.32. The fourth-order valence-electron chi connectivity index (χ4n) is 2.45. The molecular formula is C14H16N4. The lowest BCUT2D eigenvalue weighted by Crippen LogP contribution is -1.97. The maximum absolute atomic E-state index is 5.60. The fourth-order valence-corrected chi connectivity index (χ4v) is 2.45. The number of aromatic nitrogens is 3. The number of nitrogens with two attached hydrogens (primary N) is 1. The van der Waals surface area contributed by atoms with E-state index in [0.717, 1.165) is 11.5 Å². The molecule has 0 saturated heterocycles. The molecule has 4 nitrogen and oxygen atoms in total. The Labute approximate surface area is 105 Å². The fraction of sp³-hybridized carbons (Fsp3) is 0.214. The summed E-state index contributed by atoms with van der Waals surface area (Å²) in [6.45, 7) is 2.56. The Balaban J connectivity index is 2.31. The van der Waals surface area contributed by atoms with Gasteiger partial charge in [0.15, 0.2) is 0 Å². The molecule has 3 rings (SSSR count). The molecule has 3 aromatic rings. The van der Waals surface area contributed by atoms with Crippen LogP contribution in [0.15, 0.2) is 30.5 Å². The van der Waals surface area contributed by atoms with Gasteiger partial charge in [0.1, 0.15) is 5.82 Å². The largest absolute Gasteiger partial charge is 0.347 e. The van der Waals surface area contributed by atoms with E-state index >= 15 is 0 Å². The third-order valence-electron chi connectivity index (χ3n) is 3.49. The van der Waals surface area contributed by atoms with E-state index in [1.807, 2.05) is 6.20 Å². The zero-order valence-corrected chi connectivity index (χ0v) is 10.6. The summed E-state index contributed by atoms with van der Waals surface area (Å²) in [7, 11) is 2.08. The molecule has 4 heteroatoms. The molecule has 1 aromatic carbocycles. The minimum absolute atomic E-state index is 0.434. The van der Waals surface area contributed by atoms with Crippen molar-refractivity contribution in [1.29, 1.82) is 0 Å². The van der Waals surface area contributed by atoms with E-state index in [4.69, 9.17) is 5.73 Å². The Kier molecular flexibility index (Phi) is 2.45. The normalized spacial score (nSPS) is 11.3. The van der Waals surface area contributed by atoms with Crippen LogP contribution < -0.4 is 5.73 Å². The van der Waals surface area contributed by atoms with Crippen molar-refractivity contribution in [3.63, 3.8) is 0 Å². The highest BCUT2D eigenvalue weighted by molar-refractivity contribution is 5.97. The van der Waals surface area contributed by atoms with Gasteiger partial charge in [-0.1, -0.05) is 18.2 Å². The Morgan fingerprint density at radius 1 is 1.33 bits per heavy atom. The maximum Gasteiger partial charge on any atom is 0.120 e. The van der Waals surface area contributed by atoms with Gasteiger partial charge in [-0.25, -0.2) is 4.98 Å². The highest BCUT2D eigenvalue weighted by Gasteiger charge is 2.14. The van der Waals surface area contributed by atoms with Gasteiger partial charge in [-0.15, -0.1) is 0 Å². The van der Waals surface area contributed by atoms with E-state index in [1.54, 1.807) is 0 Å². The smallest absolute Gasteiger partial charge is 0.120 e. The Morgan fingerprint density at radius 2 is 2.11 bits per heavy atom. The summed E-state index contributed by atoms with van der Waals surface area (Å²) >= 11 is 0. The van der Waals surface area contributed by atoms with Crippen LogP contribution in [0.3, 0.4) is 0 Å². The van der Waals surface area contributed by atoms with E-state index in [0.29, 0.717) is 6.54 Å². The van der Waals surface area contributed by atoms with Gasteiger partial charge in [0.05, 0.1) is 18.4 Å². The molecule has 0 aliphatic carbocycles. The number of hydrogen-bond acceptors (Lipinski definition) is 2. The first-order valence-electron chi connectivity index (χ1n) is 6.00. The van der Waals surface area contributed by atoms with Gasteiger partial charge < -0.3 is 15.3 Å². The third-order valence-corrected chi connectivity index (χ3v) is 3.49. The van der Waals surface area contributed by atoms with Crippen LogP contribution in [-0.2, 0) is 13.6 Å². The Hall–Kier alpha value is -2.07. The van der Waals surface area contributed by atoms with Gasteiger partial charge in [0.2, 0.25) is 0 Å². The van der Waals surface area contributed by atoms with Gasteiger partial charge in [-0.3, -0.25) is 0 Å². The first-order chi connectivity index (χ1) is 8.72. The number of aromatic amines is 1. The molecule has 0 aliphatic heterocycles. The molecule has 0 fully saturated rings. The summed E-state index contributed by atoms with van der Waals surface area (Å²) in [5.41, 5.74) is 10.3. The number of benzene rings is 1. The van der Waals surface area contributed by atoms with Gasteiger partial charge in [0, 0.05) is 29.2 Å². The molecule has 0 saturated carbocycles. The summed E-state index contributed by atoms with van der Waals surface area (Å²) in [5.74, 6) is 0.817. The average Bonchev–Trinajstić information content (AvgIpc) is 2.95. The number of imidazole rings is 1. The monoisotopic (exact) mass is 240 g/mol. The molecule has 2 heterocycles. The number of H-pyrrole nitrogens is 1. The van der Waals surface area contributed by atoms with Crippen LogP contribution in [0.2, 0.25) is 0 Å². The molecule has 18 heavy (non-hydrogen) atoms. The van der Waals surface area contributed by atoms with Gasteiger partial charge in [-0.2, -0.15) is 0 Å². The second-order valence-electron chi connectivity index (χ2n) is 4.48. The number of fused-ring (bicyclic) bond motifs is 1. The lowest BCUT2D eigenvalue weighted by atomic mass is 10.1. The maximum atomic E-state index is 5.60. The van der Waals surface area contributed by atoms with Crippen LogP contribution in [0.4, 0.5) is 0 Å². The number of aryl methyl sites for hydroxylation is 1. The van der Waals surface area contributed by atoms with Crippen molar-refractivity contribution >= 4 is 10.9 Å². The summed E-state index contributed by atoms with van der Waals surface area (Å²) in [5, 5.41) is 1.24. The Bertz CT molecular complexity index is 706. The van der Waals surface area contributed by atoms with Crippen LogP contribution in [0.5, 0.6) is 0 Å². The van der Waals surface area contributed by atoms with Crippen molar-refractivity contribution in [2.24, 2.45) is 12.8 Å². The molecule has 0 bridgehead atoms. The van der Waals surface area contributed by atoms with Gasteiger partial charge in [-0.05, 0) is 13.0 Å². The SMILES string of the molecule is Cc1c(-c2cnc(CN)[nH]2)c2ccccc2n1C. The van der Waals surface area contributed by atoms with Gasteiger partial charge in [0.25, 0.3) is 0 Å². The first kappa shape index (κ1) is 11.0. The van der Waals surface area contributed by atoms with E-state index in [1.165, 1.54) is 22.2 Å². The van der Waals surface area contributed by atoms with Crippen LogP contribution in [0, 0.1) is 6.92 Å². The first-order valence-corrected chi connectivity index (χ1v) is 6.00. The summed E-state index contributed by atoms with van der Waals surface area (Å²) in [4.78, 5) is 7.55. The lowest BCUT2D eigenvalue weighted by molar-refractivity contribution is 0.918. The lowest BCUT2D eigenvalue weighted by Gasteiger charge is -1.99. The minimum atomic E-state index is 0.434. The zero-order valence-electron chi connectivity index (χ0n) is 10.6. The number of hydrogen-bond donors (Lipinski definition) is 2. The summed E-state index contributed by atoms with van der Waals surface area (Å²) in [6.07, 6.45) is 1.86. The molecular weight excluding hydrogens is 224 g/mol. The average molecular weight is 240 g/mol. The van der Waals surface area contributed by atoms with Crippen LogP contribution >= 0.6 is 0 Å². The van der Waals surface area contributed by atoms with Crippen molar-refractivity contribution < 1.29 is 0 Å². The second-order valence-corrected chi connectivity index (χ2v) is 4.48. The highest BCUT2D eigenvalue weighted by atomic mass is 15.0. The molecule has 0 atom stereocenters. The molecule has 3 N–H and O–H groups in total. The van der Waals surface area contributed by atoms with Crippen molar-refractivity contribution in [2.45, 2.75) is 13.5 Å². The van der Waals surface area contributed by atoms with Crippen LogP contribution in [0.1, 0.15) is 11.5 Å². The Morgan fingerprint density at radius 3 is 2.83 bits per heavy atom. The van der Waals surface area contributed by atoms with Crippen molar-refractivity contribution in [3.05, 3.63) is 42.0 Å². The topological polar surface area (TPSA) is 59.6 Å². The molecule has 0 spiro atoms. The summed E-state index contributed by atoms with van der Waals surface area (Å²) in [6, 6.07) is 8.39. The van der Waals surface area contributed by atoms with Gasteiger partial charge >= 0.3 is 0 Å². The second kappa shape index (κ2) is 3.99. The molecule has 0 radical (unpaired) electrons. The van der Waals surface area contributed by atoms with E-state index in [9.17, 15) is 0 Å². The number of nitrogens with zero attached hydrogens (tertiary/aromatic N) is 2. The van der Waals surface area contributed by atoms with Crippen LogP contribution in [-0.4, -0.2) is 14.5 Å². The molecule has 92 valence electrons. The molecule has 0 unspecified atom stereocenters. The zero-order chi connectivity index (χ0) is 12.7. The van der Waals surface area contributed by atoms with Crippen molar-refractivity contribution in [1.82, 2.24) is 14.5 Å². The predicted molar refractivity (Wildman–Crippen MR) is 73.1 cm³/mol. The number of nitrogens with one attached hydrogen (secondary N) is 1. The molecule has 0 aliphatic rings. The standard InChI is InChI=1S/C14H16N4/c1-9-14(11-8-16-13(7-15)17-11)10-5-3-4-6-12(10)18(9)2/h3-6,8H,7,15H2,1-2H3,(H,16,17). The predicted octanol–water partition coefficient (Wildman–Crippen LogP) is 2.34. The number of para-hydroxylation sites is 1. The summed E-state index contributed by atoms with van der Waals surface area (Å²) < 4.78 is 2.20. The number of rotatable bonds is 2. The van der Waals surface area contributed by atoms with Crippen molar-refractivity contribution in [3.8, 4) is 11.3 Å². The van der Waals surface area contributed by atoms with Crippen molar-refractivity contribution in [2.75, 3.05) is 0 Å². The minimum Gasteiger partial charge on any atom is -0.347 e. The molecule has 0 amide bonds. The molecule has 2 aromatic heterocycles. The van der Waals surface area contributed by atoms with E-state index < -0.39 is 0 Å². The van der Waals surface area contributed by atoms with E-state index in [2.05, 4.69) is 52.8 Å².